The van der Waals surface area contributed by atoms with Crippen molar-refractivity contribution in [1.29, 1.82) is 0 Å². The monoisotopic (exact) mass is 289 g/mol. The molecule has 0 aliphatic heterocycles. The summed E-state index contributed by atoms with van der Waals surface area (Å²) in [6.07, 6.45) is -0.163. The molecule has 0 spiro atoms. The first-order valence-electron chi connectivity index (χ1n) is 6.25. The van der Waals surface area contributed by atoms with Crippen LogP contribution in [0.25, 0.3) is 11.4 Å². The number of benzene rings is 1. The van der Waals surface area contributed by atoms with E-state index in [2.05, 4.69) is 25.9 Å². The number of nitrogens with zero attached hydrogens (tertiary/aromatic N) is 3. The topological polar surface area (TPSA) is 121 Å². The summed E-state index contributed by atoms with van der Waals surface area (Å²) in [7, 11) is 0. The highest BCUT2D eigenvalue weighted by Crippen LogP contribution is 2.16. The summed E-state index contributed by atoms with van der Waals surface area (Å²) in [6.45, 7) is 3.31. The predicted octanol–water partition coefficient (Wildman–Crippen LogP) is 0.850. The van der Waals surface area contributed by atoms with Crippen molar-refractivity contribution in [3.8, 4) is 11.4 Å². The molecular formula is C13H15N5O3. The van der Waals surface area contributed by atoms with Gasteiger partial charge in [-0.1, -0.05) is 12.1 Å². The van der Waals surface area contributed by atoms with Gasteiger partial charge in [-0.05, 0) is 31.2 Å². The normalized spacial score (nSPS) is 11.1. The molecule has 1 heterocycles. The lowest BCUT2D eigenvalue weighted by Gasteiger charge is -2.24. The zero-order valence-electron chi connectivity index (χ0n) is 11.6. The minimum absolute atomic E-state index is 0.163. The van der Waals surface area contributed by atoms with Crippen LogP contribution >= 0.6 is 0 Å². The Labute approximate surface area is 120 Å². The molecule has 3 N–H and O–H groups in total. The molecule has 0 saturated carbocycles. The Morgan fingerprint density at radius 2 is 2.14 bits per heavy atom. The molecule has 1 aromatic heterocycles. The molecule has 8 nitrogen and oxygen atoms in total. The Hall–Kier alpha value is -2.77. The Kier molecular flexibility index (Phi) is 3.97. The maximum absolute atomic E-state index is 12.2. The number of amides is 1. The van der Waals surface area contributed by atoms with Crippen LogP contribution < -0.4 is 5.32 Å². The fourth-order valence-corrected chi connectivity index (χ4v) is 1.89. The average Bonchev–Trinajstić information content (AvgIpc) is 2.90. The molecule has 0 radical (unpaired) electrons. The van der Waals surface area contributed by atoms with E-state index in [9.17, 15) is 9.59 Å². The number of carbonyl (C=O) groups excluding carboxylic acids is 1. The lowest BCUT2D eigenvalue weighted by atomic mass is 10.00. The van der Waals surface area contributed by atoms with Crippen molar-refractivity contribution in [2.24, 2.45) is 0 Å². The number of H-pyrrole nitrogens is 1. The molecule has 0 fully saturated rings. The van der Waals surface area contributed by atoms with Gasteiger partial charge in [0.25, 0.3) is 5.91 Å². The Bertz CT molecular complexity index is 652. The number of tetrazole rings is 1. The number of aromatic amines is 1. The van der Waals surface area contributed by atoms with E-state index in [-0.39, 0.29) is 12.3 Å². The number of hydrogen-bond donors (Lipinski definition) is 3. The van der Waals surface area contributed by atoms with E-state index in [0.717, 1.165) is 0 Å². The zero-order valence-corrected chi connectivity index (χ0v) is 11.6. The van der Waals surface area contributed by atoms with Gasteiger partial charge < -0.3 is 10.4 Å². The third-order valence-corrected chi connectivity index (χ3v) is 2.77. The lowest BCUT2D eigenvalue weighted by Crippen LogP contribution is -2.44. The largest absolute Gasteiger partial charge is 0.481 e. The van der Waals surface area contributed by atoms with Gasteiger partial charge in [-0.2, -0.15) is 5.21 Å². The van der Waals surface area contributed by atoms with Gasteiger partial charge in [0.2, 0.25) is 5.82 Å². The summed E-state index contributed by atoms with van der Waals surface area (Å²) < 4.78 is 0. The van der Waals surface area contributed by atoms with E-state index >= 15 is 0 Å². The molecule has 0 atom stereocenters. The SMILES string of the molecule is CC(C)(CC(=O)O)NC(=O)c1cccc(-c2nn[nH]n2)c1. The number of hydrogen-bond acceptors (Lipinski definition) is 5. The summed E-state index contributed by atoms with van der Waals surface area (Å²) >= 11 is 0. The molecule has 0 unspecified atom stereocenters. The Morgan fingerprint density at radius 1 is 1.38 bits per heavy atom. The first kappa shape index (κ1) is 14.6. The summed E-state index contributed by atoms with van der Waals surface area (Å²) in [4.78, 5) is 23.0. The number of carbonyl (C=O) groups is 2. The van der Waals surface area contributed by atoms with Crippen LogP contribution in [0.15, 0.2) is 24.3 Å². The summed E-state index contributed by atoms with van der Waals surface area (Å²) in [5.74, 6) is -0.943. The van der Waals surface area contributed by atoms with E-state index in [1.54, 1.807) is 38.1 Å². The van der Waals surface area contributed by atoms with Crippen LogP contribution in [-0.2, 0) is 4.79 Å². The molecule has 1 aromatic carbocycles. The summed E-state index contributed by atoms with van der Waals surface area (Å²) in [5, 5.41) is 25.0. The van der Waals surface area contributed by atoms with Crippen molar-refractivity contribution in [3.05, 3.63) is 29.8 Å². The van der Waals surface area contributed by atoms with Gasteiger partial charge in [0, 0.05) is 16.7 Å². The van der Waals surface area contributed by atoms with Crippen molar-refractivity contribution in [3.63, 3.8) is 0 Å². The van der Waals surface area contributed by atoms with E-state index < -0.39 is 11.5 Å². The average molecular weight is 289 g/mol. The molecule has 21 heavy (non-hydrogen) atoms. The summed E-state index contributed by atoms with van der Waals surface area (Å²) in [5.41, 5.74) is 0.202. The first-order chi connectivity index (χ1) is 9.87. The fourth-order valence-electron chi connectivity index (χ4n) is 1.89. The molecule has 110 valence electrons. The molecule has 0 bridgehead atoms. The van der Waals surface area contributed by atoms with Crippen LogP contribution in [0.4, 0.5) is 0 Å². The van der Waals surface area contributed by atoms with Crippen LogP contribution in [0.1, 0.15) is 30.6 Å². The third-order valence-electron chi connectivity index (χ3n) is 2.77. The molecular weight excluding hydrogens is 274 g/mol. The second-order valence-corrected chi connectivity index (χ2v) is 5.22. The molecule has 2 rings (SSSR count). The van der Waals surface area contributed by atoms with Crippen molar-refractivity contribution in [2.45, 2.75) is 25.8 Å². The number of carboxylic acid groups (broad SMARTS) is 1. The van der Waals surface area contributed by atoms with Crippen LogP contribution in [0, 0.1) is 0 Å². The number of aromatic nitrogens is 4. The van der Waals surface area contributed by atoms with Crippen LogP contribution in [-0.4, -0.2) is 43.1 Å². The minimum Gasteiger partial charge on any atom is -0.481 e. The molecule has 8 heteroatoms. The number of nitrogens with one attached hydrogen (secondary N) is 2. The Morgan fingerprint density at radius 3 is 2.76 bits per heavy atom. The first-order valence-corrected chi connectivity index (χ1v) is 6.25. The van der Waals surface area contributed by atoms with Gasteiger partial charge in [-0.25, -0.2) is 0 Å². The van der Waals surface area contributed by atoms with Gasteiger partial charge in [0.15, 0.2) is 0 Å². The fraction of sp³-hybridized carbons (Fsp3) is 0.308. The summed E-state index contributed by atoms with van der Waals surface area (Å²) in [6, 6.07) is 6.71. The molecule has 1 amide bonds. The van der Waals surface area contributed by atoms with Gasteiger partial charge in [-0.15, -0.1) is 10.2 Å². The highest BCUT2D eigenvalue weighted by Gasteiger charge is 2.24. The Balaban J connectivity index is 2.17. The molecule has 2 aromatic rings. The highest BCUT2D eigenvalue weighted by atomic mass is 16.4. The van der Waals surface area contributed by atoms with Crippen LogP contribution in [0.2, 0.25) is 0 Å². The minimum atomic E-state index is -0.971. The standard InChI is InChI=1S/C13H15N5O3/c1-13(2,7-10(19)20)14-12(21)9-5-3-4-8(6-9)11-15-17-18-16-11/h3-6H,7H2,1-2H3,(H,14,21)(H,19,20)(H,15,16,17,18). The van der Waals surface area contributed by atoms with Gasteiger partial charge in [-0.3, -0.25) is 9.59 Å². The third kappa shape index (κ3) is 3.85. The zero-order chi connectivity index (χ0) is 15.5. The smallest absolute Gasteiger partial charge is 0.305 e. The number of rotatable bonds is 5. The quantitative estimate of drug-likeness (QED) is 0.750. The van der Waals surface area contributed by atoms with Crippen LogP contribution in [0.5, 0.6) is 0 Å². The molecule has 0 saturated heterocycles. The van der Waals surface area contributed by atoms with Crippen molar-refractivity contribution in [2.75, 3.05) is 0 Å². The van der Waals surface area contributed by atoms with E-state index in [4.69, 9.17) is 5.11 Å². The van der Waals surface area contributed by atoms with Crippen molar-refractivity contribution < 1.29 is 14.7 Å². The lowest BCUT2D eigenvalue weighted by molar-refractivity contribution is -0.138. The predicted molar refractivity (Wildman–Crippen MR) is 73.4 cm³/mol. The van der Waals surface area contributed by atoms with Crippen molar-refractivity contribution >= 4 is 11.9 Å². The van der Waals surface area contributed by atoms with Crippen molar-refractivity contribution in [1.82, 2.24) is 25.9 Å². The number of carboxylic acids is 1. The maximum Gasteiger partial charge on any atom is 0.305 e. The molecule has 0 aliphatic rings. The van der Waals surface area contributed by atoms with Gasteiger partial charge >= 0.3 is 5.97 Å². The van der Waals surface area contributed by atoms with Gasteiger partial charge in [0.05, 0.1) is 6.42 Å². The molecule has 0 aliphatic carbocycles. The van der Waals surface area contributed by atoms with Crippen LogP contribution in [0.3, 0.4) is 0 Å². The highest BCUT2D eigenvalue weighted by molar-refractivity contribution is 5.95. The van der Waals surface area contributed by atoms with Gasteiger partial charge in [0.1, 0.15) is 0 Å². The number of aliphatic carboxylic acids is 1. The van der Waals surface area contributed by atoms with E-state index in [0.29, 0.717) is 17.0 Å². The second kappa shape index (κ2) is 5.70. The maximum atomic E-state index is 12.2. The second-order valence-electron chi connectivity index (χ2n) is 5.22. The van der Waals surface area contributed by atoms with E-state index in [1.807, 2.05) is 0 Å². The van der Waals surface area contributed by atoms with E-state index in [1.165, 1.54) is 0 Å².